The van der Waals surface area contributed by atoms with Crippen LogP contribution in [-0.4, -0.2) is 6.54 Å². The summed E-state index contributed by atoms with van der Waals surface area (Å²) in [7, 11) is 0. The molecule has 0 fully saturated rings. The lowest BCUT2D eigenvalue weighted by Gasteiger charge is -1.89. The van der Waals surface area contributed by atoms with E-state index in [2.05, 4.69) is 0 Å². The smallest absolute Gasteiger partial charge is 0.0123 e. The maximum Gasteiger partial charge on any atom is 0.0123 e. The Hall–Kier alpha value is -0.0400. The third-order valence-electron chi connectivity index (χ3n) is 0.408. The molecule has 1 N–H and O–H groups in total. The van der Waals surface area contributed by atoms with Gasteiger partial charge in [0.2, 0.25) is 0 Å². The third-order valence-corrected chi connectivity index (χ3v) is 0.408. The SMILES string of the molecule is CC(C)C[NH]. The minimum absolute atomic E-state index is 0.551. The van der Waals surface area contributed by atoms with Gasteiger partial charge >= 0.3 is 0 Å². The van der Waals surface area contributed by atoms with Crippen LogP contribution >= 0.6 is 0 Å². The zero-order valence-corrected chi connectivity index (χ0v) is 3.78. The van der Waals surface area contributed by atoms with Crippen molar-refractivity contribution in [1.29, 1.82) is 0 Å². The Balaban J connectivity index is 2.54. The summed E-state index contributed by atoms with van der Waals surface area (Å²) < 4.78 is 0. The van der Waals surface area contributed by atoms with E-state index in [-0.39, 0.29) is 0 Å². The van der Waals surface area contributed by atoms with Gasteiger partial charge in [0.1, 0.15) is 0 Å². The zero-order valence-electron chi connectivity index (χ0n) is 3.78. The van der Waals surface area contributed by atoms with Gasteiger partial charge in [0, 0.05) is 6.54 Å². The maximum atomic E-state index is 6.66. The highest BCUT2D eigenvalue weighted by molar-refractivity contribution is 4.37. The maximum absolute atomic E-state index is 6.66. The highest BCUT2D eigenvalue weighted by atomic mass is 14.5. The molecule has 0 rings (SSSR count). The van der Waals surface area contributed by atoms with Gasteiger partial charge in [-0.25, -0.2) is 0 Å². The highest BCUT2D eigenvalue weighted by Crippen LogP contribution is 1.82. The van der Waals surface area contributed by atoms with Crippen molar-refractivity contribution in [3.8, 4) is 0 Å². The Morgan fingerprint density at radius 3 is 1.80 bits per heavy atom. The molecule has 0 amide bonds. The van der Waals surface area contributed by atoms with E-state index in [9.17, 15) is 0 Å². The van der Waals surface area contributed by atoms with E-state index in [0.717, 1.165) is 0 Å². The molecule has 1 heteroatoms. The Kier molecular flexibility index (Phi) is 2.19. The van der Waals surface area contributed by atoms with Crippen molar-refractivity contribution in [3.63, 3.8) is 0 Å². The van der Waals surface area contributed by atoms with Crippen LogP contribution in [0.15, 0.2) is 0 Å². The molecule has 0 aliphatic carbocycles. The molecule has 0 aromatic heterocycles. The normalized spacial score (nSPS) is 9.60. The van der Waals surface area contributed by atoms with E-state index < -0.39 is 0 Å². The summed E-state index contributed by atoms with van der Waals surface area (Å²) in [6.45, 7) is 4.62. The van der Waals surface area contributed by atoms with Crippen molar-refractivity contribution in [2.45, 2.75) is 13.8 Å². The molecule has 0 spiro atoms. The second-order valence-electron chi connectivity index (χ2n) is 1.60. The zero-order chi connectivity index (χ0) is 4.28. The molecule has 0 saturated heterocycles. The first-order valence-electron chi connectivity index (χ1n) is 1.92. The average Bonchev–Trinajstić information content (AvgIpc) is 1.38. The molecular formula is C4H10N. The minimum atomic E-state index is 0.551. The summed E-state index contributed by atoms with van der Waals surface area (Å²) >= 11 is 0. The predicted molar refractivity (Wildman–Crippen MR) is 22.8 cm³/mol. The van der Waals surface area contributed by atoms with Crippen LogP contribution in [0, 0.1) is 5.92 Å². The van der Waals surface area contributed by atoms with Crippen LogP contribution in [0.3, 0.4) is 0 Å². The van der Waals surface area contributed by atoms with Crippen molar-refractivity contribution >= 4 is 0 Å². The summed E-state index contributed by atoms with van der Waals surface area (Å²) in [5.74, 6) is 0.551. The van der Waals surface area contributed by atoms with Crippen LogP contribution in [0.25, 0.3) is 0 Å². The van der Waals surface area contributed by atoms with Gasteiger partial charge in [-0.05, 0) is 5.92 Å². The van der Waals surface area contributed by atoms with Gasteiger partial charge < -0.3 is 0 Å². The average molecular weight is 72.1 g/mol. The molecule has 0 saturated carbocycles. The van der Waals surface area contributed by atoms with E-state index in [4.69, 9.17) is 5.73 Å². The van der Waals surface area contributed by atoms with Crippen LogP contribution in [0.1, 0.15) is 13.8 Å². The summed E-state index contributed by atoms with van der Waals surface area (Å²) in [4.78, 5) is 0. The number of rotatable bonds is 1. The lowest BCUT2D eigenvalue weighted by molar-refractivity contribution is 0.653. The number of nitrogens with one attached hydrogen (secondary N) is 1. The van der Waals surface area contributed by atoms with Gasteiger partial charge in [-0.2, -0.15) is 0 Å². The predicted octanol–water partition coefficient (Wildman–Crippen LogP) is 0.925. The van der Waals surface area contributed by atoms with Crippen LogP contribution < -0.4 is 5.73 Å². The van der Waals surface area contributed by atoms with Crippen molar-refractivity contribution < 1.29 is 0 Å². The van der Waals surface area contributed by atoms with E-state index in [1.54, 1.807) is 0 Å². The molecule has 0 aromatic carbocycles. The van der Waals surface area contributed by atoms with Gasteiger partial charge in [-0.3, -0.25) is 5.73 Å². The van der Waals surface area contributed by atoms with Gasteiger partial charge in [0.15, 0.2) is 0 Å². The molecule has 1 nitrogen and oxygen atoms in total. The van der Waals surface area contributed by atoms with E-state index in [1.807, 2.05) is 13.8 Å². The Morgan fingerprint density at radius 2 is 1.80 bits per heavy atom. The van der Waals surface area contributed by atoms with E-state index in [0.29, 0.717) is 12.5 Å². The summed E-state index contributed by atoms with van der Waals surface area (Å²) in [5.41, 5.74) is 6.66. The molecule has 0 aliphatic heterocycles. The fraction of sp³-hybridized carbons (Fsp3) is 1.00. The monoisotopic (exact) mass is 72.1 g/mol. The molecule has 0 unspecified atom stereocenters. The minimum Gasteiger partial charge on any atom is -0.258 e. The molecular weight excluding hydrogens is 62.1 g/mol. The molecule has 0 aromatic rings. The molecule has 0 heterocycles. The Bertz CT molecular complexity index is 17.6. The molecule has 0 bridgehead atoms. The van der Waals surface area contributed by atoms with Crippen molar-refractivity contribution in [2.24, 2.45) is 5.92 Å². The summed E-state index contributed by atoms with van der Waals surface area (Å²) in [5, 5.41) is 0. The Morgan fingerprint density at radius 1 is 1.60 bits per heavy atom. The van der Waals surface area contributed by atoms with Crippen LogP contribution in [0.5, 0.6) is 0 Å². The highest BCUT2D eigenvalue weighted by Gasteiger charge is 1.81. The van der Waals surface area contributed by atoms with Crippen LogP contribution in [0.4, 0.5) is 0 Å². The van der Waals surface area contributed by atoms with Crippen molar-refractivity contribution in [1.82, 2.24) is 5.73 Å². The summed E-state index contributed by atoms with van der Waals surface area (Å²) in [6.07, 6.45) is 0. The molecule has 0 atom stereocenters. The topological polar surface area (TPSA) is 23.8 Å². The molecule has 31 valence electrons. The summed E-state index contributed by atoms with van der Waals surface area (Å²) in [6, 6.07) is 0. The molecule has 1 radical (unpaired) electrons. The van der Waals surface area contributed by atoms with Crippen molar-refractivity contribution in [3.05, 3.63) is 0 Å². The molecule has 5 heavy (non-hydrogen) atoms. The fourth-order valence-corrected chi connectivity index (χ4v) is 0. The number of hydrogen-bond donors (Lipinski definition) is 0. The van der Waals surface area contributed by atoms with E-state index in [1.165, 1.54) is 0 Å². The van der Waals surface area contributed by atoms with Crippen molar-refractivity contribution in [2.75, 3.05) is 6.54 Å². The first-order chi connectivity index (χ1) is 2.27. The van der Waals surface area contributed by atoms with Crippen LogP contribution in [-0.2, 0) is 0 Å². The lowest BCUT2D eigenvalue weighted by atomic mass is 10.2. The van der Waals surface area contributed by atoms with Gasteiger partial charge in [0.25, 0.3) is 0 Å². The van der Waals surface area contributed by atoms with E-state index >= 15 is 0 Å². The number of hydrogen-bond acceptors (Lipinski definition) is 0. The van der Waals surface area contributed by atoms with Gasteiger partial charge in [0.05, 0.1) is 0 Å². The second-order valence-corrected chi connectivity index (χ2v) is 1.60. The second kappa shape index (κ2) is 2.21. The standard InChI is InChI=1S/C4H10N/c1-4(2)3-5/h4-5H,3H2,1-2H3. The van der Waals surface area contributed by atoms with Gasteiger partial charge in [-0.15, -0.1) is 0 Å². The molecule has 0 aliphatic rings. The largest absolute Gasteiger partial charge is 0.258 e. The Labute approximate surface area is 33.2 Å². The van der Waals surface area contributed by atoms with Gasteiger partial charge in [-0.1, -0.05) is 13.8 Å². The first-order valence-corrected chi connectivity index (χ1v) is 1.92. The third kappa shape index (κ3) is 3.96. The lowest BCUT2D eigenvalue weighted by Crippen LogP contribution is -1.93. The fourth-order valence-electron chi connectivity index (χ4n) is 0. The first kappa shape index (κ1) is 4.96. The van der Waals surface area contributed by atoms with Crippen LogP contribution in [0.2, 0.25) is 0 Å². The quantitative estimate of drug-likeness (QED) is 0.440.